The molecule has 0 aromatic heterocycles. The Kier molecular flexibility index (Phi) is 2.82. The molecule has 0 fully saturated rings. The van der Waals surface area contributed by atoms with Crippen molar-refractivity contribution in [3.63, 3.8) is 0 Å². The van der Waals surface area contributed by atoms with Crippen molar-refractivity contribution in [3.8, 4) is 5.75 Å². The van der Waals surface area contributed by atoms with Gasteiger partial charge in [0.05, 0.1) is 0 Å². The van der Waals surface area contributed by atoms with Gasteiger partial charge in [0.15, 0.2) is 0 Å². The van der Waals surface area contributed by atoms with Crippen molar-refractivity contribution < 1.29 is 4.74 Å². The molecule has 0 unspecified atom stereocenters. The van der Waals surface area contributed by atoms with Gasteiger partial charge in [0.1, 0.15) is 11.5 Å². The highest BCUT2D eigenvalue weighted by molar-refractivity contribution is 5.27. The van der Waals surface area contributed by atoms with Gasteiger partial charge in [-0.05, 0) is 18.2 Å². The first-order valence-corrected chi connectivity index (χ1v) is 4.70. The van der Waals surface area contributed by atoms with E-state index in [0.717, 1.165) is 17.9 Å². The lowest BCUT2D eigenvalue weighted by Gasteiger charge is -2.06. The highest BCUT2D eigenvalue weighted by Crippen LogP contribution is 2.16. The molecule has 1 nitrogen and oxygen atoms in total. The molecule has 0 saturated heterocycles. The zero-order valence-electron chi connectivity index (χ0n) is 7.89. The van der Waals surface area contributed by atoms with Crippen molar-refractivity contribution in [3.05, 3.63) is 66.5 Å². The van der Waals surface area contributed by atoms with Gasteiger partial charge < -0.3 is 4.74 Å². The highest BCUT2D eigenvalue weighted by atomic mass is 16.5. The molecular weight excluding hydrogens is 172 g/mol. The van der Waals surface area contributed by atoms with Crippen LogP contribution in [-0.2, 0) is 0 Å². The van der Waals surface area contributed by atoms with Crippen molar-refractivity contribution >= 4 is 0 Å². The molecule has 0 N–H and O–H groups in total. The first-order valence-electron chi connectivity index (χ1n) is 4.70. The van der Waals surface area contributed by atoms with Crippen LogP contribution in [0.15, 0.2) is 66.5 Å². The summed E-state index contributed by atoms with van der Waals surface area (Å²) in [6.07, 6.45) is 10.9. The molecule has 0 spiro atoms. The van der Waals surface area contributed by atoms with Gasteiger partial charge in [0.25, 0.3) is 0 Å². The number of rotatable bonds is 2. The SMILES string of the molecule is C1=CC=C(Oc2ccccc2)CC=C1. The van der Waals surface area contributed by atoms with Gasteiger partial charge in [0.2, 0.25) is 0 Å². The second kappa shape index (κ2) is 4.47. The van der Waals surface area contributed by atoms with E-state index in [1.807, 2.05) is 54.6 Å². The molecule has 2 rings (SSSR count). The lowest BCUT2D eigenvalue weighted by Crippen LogP contribution is -1.92. The predicted octanol–water partition coefficient (Wildman–Crippen LogP) is 3.47. The van der Waals surface area contributed by atoms with Crippen LogP contribution in [0, 0.1) is 0 Å². The van der Waals surface area contributed by atoms with Crippen LogP contribution in [0.1, 0.15) is 6.42 Å². The number of hydrogen-bond donors (Lipinski definition) is 0. The Morgan fingerprint density at radius 2 is 1.79 bits per heavy atom. The van der Waals surface area contributed by atoms with E-state index < -0.39 is 0 Å². The van der Waals surface area contributed by atoms with Crippen LogP contribution in [0.25, 0.3) is 0 Å². The van der Waals surface area contributed by atoms with Crippen molar-refractivity contribution in [2.75, 3.05) is 0 Å². The number of para-hydroxylation sites is 1. The van der Waals surface area contributed by atoms with E-state index in [2.05, 4.69) is 6.08 Å². The predicted molar refractivity (Wildman–Crippen MR) is 58.1 cm³/mol. The topological polar surface area (TPSA) is 9.23 Å². The molecule has 0 saturated carbocycles. The molecule has 70 valence electrons. The van der Waals surface area contributed by atoms with E-state index in [4.69, 9.17) is 4.74 Å². The van der Waals surface area contributed by atoms with Crippen LogP contribution in [0.2, 0.25) is 0 Å². The molecule has 0 atom stereocenters. The van der Waals surface area contributed by atoms with Crippen molar-refractivity contribution in [1.29, 1.82) is 0 Å². The molecule has 0 aliphatic heterocycles. The molecular formula is C13H12O. The molecule has 0 amide bonds. The Bertz CT molecular complexity index is 371. The summed E-state index contributed by atoms with van der Waals surface area (Å²) in [7, 11) is 0. The van der Waals surface area contributed by atoms with Crippen molar-refractivity contribution in [2.45, 2.75) is 6.42 Å². The third-order valence-corrected chi connectivity index (χ3v) is 1.95. The molecule has 1 aromatic carbocycles. The van der Waals surface area contributed by atoms with Gasteiger partial charge in [-0.2, -0.15) is 0 Å². The Labute approximate surface area is 84.0 Å². The third-order valence-electron chi connectivity index (χ3n) is 1.95. The van der Waals surface area contributed by atoms with Gasteiger partial charge >= 0.3 is 0 Å². The maximum absolute atomic E-state index is 5.69. The lowest BCUT2D eigenvalue weighted by molar-refractivity contribution is 0.416. The highest BCUT2D eigenvalue weighted by Gasteiger charge is 1.98. The Morgan fingerprint density at radius 1 is 0.929 bits per heavy atom. The quantitative estimate of drug-likeness (QED) is 0.683. The van der Waals surface area contributed by atoms with E-state index in [1.54, 1.807) is 0 Å². The molecule has 14 heavy (non-hydrogen) atoms. The van der Waals surface area contributed by atoms with E-state index in [1.165, 1.54) is 0 Å². The molecule has 1 aliphatic carbocycles. The first-order chi connectivity index (χ1) is 6.95. The number of hydrogen-bond acceptors (Lipinski definition) is 1. The minimum absolute atomic E-state index is 0.849. The summed E-state index contributed by atoms with van der Waals surface area (Å²) in [4.78, 5) is 0. The minimum atomic E-state index is 0.849. The maximum Gasteiger partial charge on any atom is 0.126 e. The van der Waals surface area contributed by atoms with Crippen LogP contribution in [0.5, 0.6) is 5.75 Å². The summed E-state index contributed by atoms with van der Waals surface area (Å²) in [6, 6.07) is 9.84. The van der Waals surface area contributed by atoms with Crippen LogP contribution in [-0.4, -0.2) is 0 Å². The zero-order valence-corrected chi connectivity index (χ0v) is 7.89. The smallest absolute Gasteiger partial charge is 0.126 e. The fraction of sp³-hybridized carbons (Fsp3) is 0.0769. The number of ether oxygens (including phenoxy) is 1. The number of allylic oxidation sites excluding steroid dienone is 5. The average molecular weight is 184 g/mol. The van der Waals surface area contributed by atoms with Crippen LogP contribution >= 0.6 is 0 Å². The summed E-state index contributed by atoms with van der Waals surface area (Å²) in [5.41, 5.74) is 0. The number of benzene rings is 1. The second-order valence-electron chi connectivity index (χ2n) is 3.07. The van der Waals surface area contributed by atoms with Gasteiger partial charge in [-0.25, -0.2) is 0 Å². The van der Waals surface area contributed by atoms with E-state index in [-0.39, 0.29) is 0 Å². The summed E-state index contributed by atoms with van der Waals surface area (Å²) < 4.78 is 5.69. The molecule has 1 heteroatoms. The monoisotopic (exact) mass is 184 g/mol. The summed E-state index contributed by atoms with van der Waals surface area (Å²) >= 11 is 0. The standard InChI is InChI=1S/C13H12O/c1-2-5-9-12(8-4-1)14-13-10-6-3-7-11-13/h1-8,10-11H,9H2. The molecule has 0 radical (unpaired) electrons. The lowest BCUT2D eigenvalue weighted by atomic mass is 10.3. The Morgan fingerprint density at radius 3 is 2.64 bits per heavy atom. The van der Waals surface area contributed by atoms with Gasteiger partial charge in [0, 0.05) is 6.42 Å². The largest absolute Gasteiger partial charge is 0.461 e. The fourth-order valence-corrected chi connectivity index (χ4v) is 1.27. The van der Waals surface area contributed by atoms with E-state index >= 15 is 0 Å². The fourth-order valence-electron chi connectivity index (χ4n) is 1.27. The van der Waals surface area contributed by atoms with Crippen molar-refractivity contribution in [2.24, 2.45) is 0 Å². The zero-order chi connectivity index (χ0) is 9.64. The van der Waals surface area contributed by atoms with Crippen molar-refractivity contribution in [1.82, 2.24) is 0 Å². The van der Waals surface area contributed by atoms with Gasteiger partial charge in [-0.15, -0.1) is 0 Å². The first kappa shape index (κ1) is 8.82. The molecule has 0 heterocycles. The molecule has 1 aromatic rings. The molecule has 1 aliphatic rings. The maximum atomic E-state index is 5.69. The second-order valence-corrected chi connectivity index (χ2v) is 3.07. The third kappa shape index (κ3) is 2.36. The molecule has 0 bridgehead atoms. The van der Waals surface area contributed by atoms with Gasteiger partial charge in [-0.1, -0.05) is 42.5 Å². The summed E-state index contributed by atoms with van der Waals surface area (Å²) in [5, 5.41) is 0. The van der Waals surface area contributed by atoms with Gasteiger partial charge in [-0.3, -0.25) is 0 Å². The van der Waals surface area contributed by atoms with Crippen LogP contribution < -0.4 is 4.74 Å². The average Bonchev–Trinajstić information content (AvgIpc) is 2.48. The van der Waals surface area contributed by atoms with E-state index in [0.29, 0.717) is 0 Å². The summed E-state index contributed by atoms with van der Waals surface area (Å²) in [6.45, 7) is 0. The van der Waals surface area contributed by atoms with Crippen LogP contribution in [0.3, 0.4) is 0 Å². The Balaban J connectivity index is 2.08. The van der Waals surface area contributed by atoms with Crippen LogP contribution in [0.4, 0.5) is 0 Å². The normalized spacial score (nSPS) is 14.7. The summed E-state index contributed by atoms with van der Waals surface area (Å²) in [5.74, 6) is 1.86. The Hall–Kier alpha value is -1.76. The van der Waals surface area contributed by atoms with E-state index in [9.17, 15) is 0 Å². The minimum Gasteiger partial charge on any atom is -0.461 e.